The standard InChI is InChI=1S/C14H24N2O5/c1-21-9-8-16(11-14(19)20)13(18)10-15-7-5-3-2-4-6-12(15)17/h2-11H2,1H3,(H,19,20). The minimum absolute atomic E-state index is 0.0231. The summed E-state index contributed by atoms with van der Waals surface area (Å²) in [5, 5.41) is 8.86. The first-order chi connectivity index (χ1) is 10.0. The molecule has 0 unspecified atom stereocenters. The maximum absolute atomic E-state index is 12.2. The predicted molar refractivity (Wildman–Crippen MR) is 75.8 cm³/mol. The molecule has 0 aromatic carbocycles. The highest BCUT2D eigenvalue weighted by Crippen LogP contribution is 2.11. The van der Waals surface area contributed by atoms with Gasteiger partial charge < -0.3 is 19.6 Å². The molecular formula is C14H24N2O5. The number of methoxy groups -OCH3 is 1. The van der Waals surface area contributed by atoms with Crippen molar-refractivity contribution in [3.8, 4) is 0 Å². The van der Waals surface area contributed by atoms with Gasteiger partial charge in [-0.05, 0) is 12.8 Å². The molecule has 120 valence electrons. The largest absolute Gasteiger partial charge is 0.480 e. The highest BCUT2D eigenvalue weighted by Gasteiger charge is 2.23. The van der Waals surface area contributed by atoms with E-state index in [0.717, 1.165) is 25.7 Å². The zero-order chi connectivity index (χ0) is 15.7. The van der Waals surface area contributed by atoms with Crippen LogP contribution in [-0.4, -0.2) is 72.6 Å². The summed E-state index contributed by atoms with van der Waals surface area (Å²) in [6, 6.07) is 0. The number of rotatable bonds is 7. The van der Waals surface area contributed by atoms with Crippen LogP contribution >= 0.6 is 0 Å². The third-order valence-electron chi connectivity index (χ3n) is 3.49. The Labute approximate surface area is 124 Å². The van der Waals surface area contributed by atoms with E-state index in [9.17, 15) is 14.4 Å². The van der Waals surface area contributed by atoms with Gasteiger partial charge in [0.1, 0.15) is 6.54 Å². The fraction of sp³-hybridized carbons (Fsp3) is 0.786. The third kappa shape index (κ3) is 6.57. The Hall–Kier alpha value is -1.63. The van der Waals surface area contributed by atoms with E-state index in [1.807, 2.05) is 0 Å². The summed E-state index contributed by atoms with van der Waals surface area (Å²) >= 11 is 0. The third-order valence-corrected chi connectivity index (χ3v) is 3.49. The Balaban J connectivity index is 2.59. The number of nitrogens with zero attached hydrogens (tertiary/aromatic N) is 2. The lowest BCUT2D eigenvalue weighted by atomic mass is 10.1. The van der Waals surface area contributed by atoms with Crippen LogP contribution in [0.25, 0.3) is 0 Å². The van der Waals surface area contributed by atoms with Crippen LogP contribution in [0.15, 0.2) is 0 Å². The van der Waals surface area contributed by atoms with Crippen molar-refractivity contribution in [1.29, 1.82) is 0 Å². The molecule has 1 saturated heterocycles. The van der Waals surface area contributed by atoms with Crippen LogP contribution in [0.5, 0.6) is 0 Å². The van der Waals surface area contributed by atoms with Gasteiger partial charge in [-0.25, -0.2) is 0 Å². The summed E-state index contributed by atoms with van der Waals surface area (Å²) in [6.07, 6.45) is 4.30. The number of aliphatic carboxylic acids is 1. The average Bonchev–Trinajstić information content (AvgIpc) is 2.42. The second-order valence-electron chi connectivity index (χ2n) is 5.18. The summed E-state index contributed by atoms with van der Waals surface area (Å²) < 4.78 is 4.88. The van der Waals surface area contributed by atoms with Gasteiger partial charge in [0.25, 0.3) is 0 Å². The van der Waals surface area contributed by atoms with Crippen LogP contribution in [0, 0.1) is 0 Å². The molecule has 21 heavy (non-hydrogen) atoms. The number of hydrogen-bond acceptors (Lipinski definition) is 4. The maximum atomic E-state index is 12.2. The van der Waals surface area contributed by atoms with Crippen molar-refractivity contribution in [3.63, 3.8) is 0 Å². The molecule has 0 bridgehead atoms. The first-order valence-corrected chi connectivity index (χ1v) is 7.31. The summed E-state index contributed by atoms with van der Waals surface area (Å²) in [5.41, 5.74) is 0. The van der Waals surface area contributed by atoms with E-state index in [1.165, 1.54) is 12.0 Å². The molecule has 2 amide bonds. The molecule has 0 aromatic heterocycles. The molecule has 0 saturated carbocycles. The van der Waals surface area contributed by atoms with Gasteiger partial charge in [-0.2, -0.15) is 0 Å². The zero-order valence-electron chi connectivity index (χ0n) is 12.5. The molecule has 1 aliphatic rings. The van der Waals surface area contributed by atoms with Crippen LogP contribution in [0.4, 0.5) is 0 Å². The minimum atomic E-state index is -1.07. The van der Waals surface area contributed by atoms with Gasteiger partial charge in [0.05, 0.1) is 13.2 Å². The van der Waals surface area contributed by atoms with Crippen LogP contribution in [0.2, 0.25) is 0 Å². The van der Waals surface area contributed by atoms with Gasteiger partial charge in [-0.3, -0.25) is 14.4 Å². The Morgan fingerprint density at radius 1 is 1.29 bits per heavy atom. The van der Waals surface area contributed by atoms with Crippen molar-refractivity contribution in [2.75, 3.05) is 39.9 Å². The van der Waals surface area contributed by atoms with Crippen molar-refractivity contribution in [3.05, 3.63) is 0 Å². The number of carboxylic acid groups (broad SMARTS) is 1. The van der Waals surface area contributed by atoms with Gasteiger partial charge in [-0.15, -0.1) is 0 Å². The van der Waals surface area contributed by atoms with E-state index in [-0.39, 0.29) is 38.1 Å². The Morgan fingerprint density at radius 3 is 2.67 bits per heavy atom. The Kier molecular flexibility index (Phi) is 7.74. The fourth-order valence-corrected chi connectivity index (χ4v) is 2.30. The highest BCUT2D eigenvalue weighted by atomic mass is 16.5. The average molecular weight is 300 g/mol. The molecule has 0 atom stereocenters. The monoisotopic (exact) mass is 300 g/mol. The number of carbonyl (C=O) groups excluding carboxylic acids is 2. The number of hydrogen-bond donors (Lipinski definition) is 1. The van der Waals surface area contributed by atoms with Gasteiger partial charge >= 0.3 is 5.97 Å². The molecule has 7 nitrogen and oxygen atoms in total. The van der Waals surface area contributed by atoms with Crippen molar-refractivity contribution in [1.82, 2.24) is 9.80 Å². The van der Waals surface area contributed by atoms with Crippen LogP contribution in [-0.2, 0) is 19.1 Å². The maximum Gasteiger partial charge on any atom is 0.323 e. The molecule has 1 rings (SSSR count). The SMILES string of the molecule is COCCN(CC(=O)O)C(=O)CN1CCCCCCC1=O. The summed E-state index contributed by atoms with van der Waals surface area (Å²) in [7, 11) is 1.49. The zero-order valence-corrected chi connectivity index (χ0v) is 12.5. The molecule has 0 aliphatic carbocycles. The molecule has 1 fully saturated rings. The van der Waals surface area contributed by atoms with Gasteiger partial charge in [-0.1, -0.05) is 12.8 Å². The minimum Gasteiger partial charge on any atom is -0.480 e. The van der Waals surface area contributed by atoms with E-state index in [0.29, 0.717) is 13.0 Å². The van der Waals surface area contributed by atoms with Crippen LogP contribution < -0.4 is 0 Å². The molecular weight excluding hydrogens is 276 g/mol. The lowest BCUT2D eigenvalue weighted by molar-refractivity contribution is -0.147. The molecule has 7 heteroatoms. The van der Waals surface area contributed by atoms with E-state index >= 15 is 0 Å². The van der Waals surface area contributed by atoms with Gasteiger partial charge in [0, 0.05) is 26.6 Å². The predicted octanol–water partition coefficient (Wildman–Crippen LogP) is 0.339. The second kappa shape index (κ2) is 9.33. The highest BCUT2D eigenvalue weighted by molar-refractivity contribution is 5.86. The number of carbonyl (C=O) groups is 3. The lowest BCUT2D eigenvalue weighted by Crippen LogP contribution is -2.46. The van der Waals surface area contributed by atoms with Crippen LogP contribution in [0.3, 0.4) is 0 Å². The van der Waals surface area contributed by atoms with Crippen molar-refractivity contribution < 1.29 is 24.2 Å². The van der Waals surface area contributed by atoms with Gasteiger partial charge in [0.15, 0.2) is 0 Å². The summed E-state index contributed by atoms with van der Waals surface area (Å²) in [4.78, 5) is 37.8. The van der Waals surface area contributed by atoms with E-state index < -0.39 is 5.97 Å². The number of amides is 2. The number of ether oxygens (including phenoxy) is 1. The summed E-state index contributed by atoms with van der Waals surface area (Å²) in [6.45, 7) is 0.631. The number of likely N-dealkylation sites (tertiary alicyclic amines) is 1. The quantitative estimate of drug-likeness (QED) is 0.732. The van der Waals surface area contributed by atoms with Crippen molar-refractivity contribution in [2.24, 2.45) is 0 Å². The molecule has 1 aliphatic heterocycles. The van der Waals surface area contributed by atoms with Crippen molar-refractivity contribution >= 4 is 17.8 Å². The lowest BCUT2D eigenvalue weighted by Gasteiger charge is -2.27. The Bertz CT molecular complexity index is 372. The van der Waals surface area contributed by atoms with E-state index in [1.54, 1.807) is 4.90 Å². The fourth-order valence-electron chi connectivity index (χ4n) is 2.30. The topological polar surface area (TPSA) is 87.2 Å². The summed E-state index contributed by atoms with van der Waals surface area (Å²) in [5.74, 6) is -1.44. The normalized spacial score (nSPS) is 16.2. The molecule has 0 spiro atoms. The first kappa shape index (κ1) is 17.4. The van der Waals surface area contributed by atoms with Crippen molar-refractivity contribution in [2.45, 2.75) is 32.1 Å². The molecule has 0 aromatic rings. The van der Waals surface area contributed by atoms with E-state index in [2.05, 4.69) is 0 Å². The van der Waals surface area contributed by atoms with Gasteiger partial charge in [0.2, 0.25) is 11.8 Å². The first-order valence-electron chi connectivity index (χ1n) is 7.31. The number of carboxylic acids is 1. The van der Waals surface area contributed by atoms with E-state index in [4.69, 9.17) is 9.84 Å². The molecule has 1 heterocycles. The second-order valence-corrected chi connectivity index (χ2v) is 5.18. The van der Waals surface area contributed by atoms with Crippen LogP contribution in [0.1, 0.15) is 32.1 Å². The molecule has 0 radical (unpaired) electrons. The Morgan fingerprint density at radius 2 is 2.00 bits per heavy atom. The molecule has 1 N–H and O–H groups in total. The smallest absolute Gasteiger partial charge is 0.323 e.